The minimum Gasteiger partial charge on any atom is -0.394 e. The zero-order valence-electron chi connectivity index (χ0n) is 28.1. The minimum atomic E-state index is -4.99. The van der Waals surface area contributed by atoms with Gasteiger partial charge in [-0.15, -0.1) is 0 Å². The van der Waals surface area contributed by atoms with E-state index in [9.17, 15) is 31.9 Å². The second kappa shape index (κ2) is 15.9. The van der Waals surface area contributed by atoms with Gasteiger partial charge in [-0.25, -0.2) is 13.8 Å². The quantitative estimate of drug-likeness (QED) is 0.0752. The molecule has 0 radical (unpaired) electrons. The molecule has 2 aliphatic rings. The van der Waals surface area contributed by atoms with Gasteiger partial charge in [0, 0.05) is 5.02 Å². The number of alkyl halides is 3. The molecule has 1 aromatic heterocycles. The Bertz CT molecular complexity index is 1800. The van der Waals surface area contributed by atoms with Crippen molar-refractivity contribution in [2.24, 2.45) is 22.4 Å². The van der Waals surface area contributed by atoms with Gasteiger partial charge in [0.15, 0.2) is 17.5 Å². The van der Waals surface area contributed by atoms with Gasteiger partial charge in [0.25, 0.3) is 0 Å². The van der Waals surface area contributed by atoms with Gasteiger partial charge in [0.05, 0.1) is 29.7 Å². The molecule has 4 aromatic rings. The molecule has 2 fully saturated rings. The van der Waals surface area contributed by atoms with E-state index in [4.69, 9.17) is 16.4 Å². The standard InChI is InChI=1S/C20H17F5N2O2.C17H22ClN3O/c21-15-9-8-14(20(23,24)25)17(18(15)22)19(27-29-11-13-6-7-13)26-16(28)10-12-4-2-1-3-5-12;1-16(2)8-7-14(9-13-3-5-15(18)6-4-13)17(16,22)10-21-12-19-11-20-21/h1-5,8-9,13H,6-7,10-11H2,(H,26,27,28);3-6,11-12,14,22H,7-10H2,1-2H3. The molecule has 6 rings (SSSR count). The van der Waals surface area contributed by atoms with E-state index in [2.05, 4.69) is 34.4 Å². The molecular weight excluding hydrogens is 693 g/mol. The van der Waals surface area contributed by atoms with E-state index < -0.39 is 46.3 Å². The Morgan fingerprint density at radius 2 is 1.75 bits per heavy atom. The Labute approximate surface area is 297 Å². The molecule has 3 aromatic carbocycles. The third-order valence-corrected chi connectivity index (χ3v) is 9.75. The van der Waals surface area contributed by atoms with Crippen LogP contribution in [0.4, 0.5) is 22.0 Å². The topological polar surface area (TPSA) is 102 Å². The number of carbonyl (C=O) groups excluding carboxylic acids is 1. The van der Waals surface area contributed by atoms with Gasteiger partial charge in [-0.2, -0.15) is 18.3 Å². The predicted octanol–water partition coefficient (Wildman–Crippen LogP) is 7.77. The maximum Gasteiger partial charge on any atom is 0.417 e. The van der Waals surface area contributed by atoms with E-state index in [1.54, 1.807) is 41.3 Å². The number of amides is 1. The second-order valence-corrected chi connectivity index (χ2v) is 14.1. The van der Waals surface area contributed by atoms with Crippen molar-refractivity contribution < 1.29 is 36.7 Å². The van der Waals surface area contributed by atoms with E-state index >= 15 is 0 Å². The lowest BCUT2D eigenvalue weighted by Gasteiger charge is -2.40. The fourth-order valence-corrected chi connectivity index (χ4v) is 6.35. The van der Waals surface area contributed by atoms with E-state index in [-0.39, 0.29) is 30.3 Å². The summed E-state index contributed by atoms with van der Waals surface area (Å²) in [6, 6.07) is 17.1. The van der Waals surface area contributed by atoms with Gasteiger partial charge in [-0.1, -0.05) is 73.1 Å². The van der Waals surface area contributed by atoms with Crippen LogP contribution in [-0.2, 0) is 35.2 Å². The highest BCUT2D eigenvalue weighted by molar-refractivity contribution is 6.30. The van der Waals surface area contributed by atoms with Crippen LogP contribution in [-0.4, -0.2) is 43.8 Å². The molecule has 0 spiro atoms. The molecule has 0 saturated heterocycles. The number of hydrogen-bond acceptors (Lipinski definition) is 6. The number of aliphatic hydroxyl groups is 1. The Kier molecular flexibility index (Phi) is 11.8. The lowest BCUT2D eigenvalue weighted by molar-refractivity contribution is -0.138. The van der Waals surface area contributed by atoms with Crippen LogP contribution in [0.2, 0.25) is 5.02 Å². The van der Waals surface area contributed by atoms with Crippen molar-refractivity contribution in [3.63, 3.8) is 0 Å². The van der Waals surface area contributed by atoms with Crippen molar-refractivity contribution in [1.29, 1.82) is 0 Å². The number of benzene rings is 3. The van der Waals surface area contributed by atoms with Gasteiger partial charge in [-0.05, 0) is 84.7 Å². The first-order valence-corrected chi connectivity index (χ1v) is 16.9. The molecule has 272 valence electrons. The third kappa shape index (κ3) is 9.70. The zero-order valence-corrected chi connectivity index (χ0v) is 28.9. The number of carbonyl (C=O) groups is 1. The minimum absolute atomic E-state index is 0.107. The summed E-state index contributed by atoms with van der Waals surface area (Å²) < 4.78 is 69.9. The second-order valence-electron chi connectivity index (χ2n) is 13.6. The highest BCUT2D eigenvalue weighted by atomic mass is 35.5. The molecule has 1 heterocycles. The van der Waals surface area contributed by atoms with Gasteiger partial charge in [0.1, 0.15) is 19.3 Å². The molecule has 2 N–H and O–H groups in total. The number of oxime groups is 1. The average Bonchev–Trinajstić information content (AvgIpc) is 3.71. The summed E-state index contributed by atoms with van der Waals surface area (Å²) in [4.78, 5) is 21.3. The van der Waals surface area contributed by atoms with Crippen molar-refractivity contribution in [2.45, 2.75) is 70.7 Å². The molecule has 0 aliphatic heterocycles. The van der Waals surface area contributed by atoms with Crippen LogP contribution >= 0.6 is 11.6 Å². The van der Waals surface area contributed by atoms with Crippen LogP contribution in [0, 0.1) is 28.9 Å². The van der Waals surface area contributed by atoms with Crippen molar-refractivity contribution in [3.05, 3.63) is 118 Å². The average molecular weight is 732 g/mol. The zero-order chi connectivity index (χ0) is 36.8. The summed E-state index contributed by atoms with van der Waals surface area (Å²) in [6.07, 6.45) is 2.64. The summed E-state index contributed by atoms with van der Waals surface area (Å²) in [7, 11) is 0. The number of aromatic nitrogens is 3. The van der Waals surface area contributed by atoms with Crippen molar-refractivity contribution in [2.75, 3.05) is 6.61 Å². The Morgan fingerprint density at radius 1 is 1.04 bits per heavy atom. The Morgan fingerprint density at radius 3 is 2.37 bits per heavy atom. The fourth-order valence-electron chi connectivity index (χ4n) is 6.22. The third-order valence-electron chi connectivity index (χ3n) is 9.50. The summed E-state index contributed by atoms with van der Waals surface area (Å²) in [5.41, 5.74) is -1.81. The van der Waals surface area contributed by atoms with E-state index in [0.717, 1.165) is 37.1 Å². The van der Waals surface area contributed by atoms with E-state index in [0.29, 0.717) is 24.2 Å². The first-order chi connectivity index (χ1) is 24.2. The molecular formula is C37H39ClF5N5O3. The number of rotatable bonds is 10. The van der Waals surface area contributed by atoms with Crippen LogP contribution in [0.5, 0.6) is 0 Å². The van der Waals surface area contributed by atoms with Crippen LogP contribution < -0.4 is 5.32 Å². The number of amidine groups is 1. The summed E-state index contributed by atoms with van der Waals surface area (Å²) in [5.74, 6) is -4.43. The largest absolute Gasteiger partial charge is 0.417 e. The Balaban J connectivity index is 0.000000205. The normalized spacial score (nSPS) is 20.0. The lowest BCUT2D eigenvalue weighted by Crippen LogP contribution is -2.49. The summed E-state index contributed by atoms with van der Waals surface area (Å²) in [6.45, 7) is 4.88. The SMILES string of the molecule is CC1(C)CCC(Cc2ccc(Cl)cc2)C1(O)Cn1cncn1.O=C(Cc1ccccc1)NC(=NOCC1CC1)c1c(C(F)(F)F)ccc(F)c1F. The maximum absolute atomic E-state index is 14.4. The molecule has 14 heteroatoms. The molecule has 2 atom stereocenters. The predicted molar refractivity (Wildman–Crippen MR) is 181 cm³/mol. The van der Waals surface area contributed by atoms with Gasteiger partial charge < -0.3 is 15.3 Å². The first-order valence-electron chi connectivity index (χ1n) is 16.5. The smallest absolute Gasteiger partial charge is 0.394 e. The van der Waals surface area contributed by atoms with Gasteiger partial charge >= 0.3 is 6.18 Å². The maximum atomic E-state index is 14.4. The number of nitrogens with zero attached hydrogens (tertiary/aromatic N) is 4. The molecule has 2 aliphatic carbocycles. The highest BCUT2D eigenvalue weighted by Gasteiger charge is 2.54. The molecule has 1 amide bonds. The monoisotopic (exact) mass is 731 g/mol. The van der Waals surface area contributed by atoms with E-state index in [1.165, 1.54) is 11.9 Å². The van der Waals surface area contributed by atoms with Crippen LogP contribution in [0.1, 0.15) is 61.8 Å². The van der Waals surface area contributed by atoms with Crippen molar-refractivity contribution in [1.82, 2.24) is 20.1 Å². The van der Waals surface area contributed by atoms with Crippen LogP contribution in [0.3, 0.4) is 0 Å². The van der Waals surface area contributed by atoms with E-state index in [1.807, 2.05) is 24.3 Å². The lowest BCUT2D eigenvalue weighted by atomic mass is 9.72. The number of hydrogen-bond donors (Lipinski definition) is 2. The van der Waals surface area contributed by atoms with Crippen LogP contribution in [0.25, 0.3) is 0 Å². The van der Waals surface area contributed by atoms with Gasteiger partial charge in [-0.3, -0.25) is 9.48 Å². The van der Waals surface area contributed by atoms with Crippen molar-refractivity contribution >= 4 is 23.3 Å². The highest BCUT2D eigenvalue weighted by Crippen LogP contribution is 2.51. The van der Waals surface area contributed by atoms with Crippen molar-refractivity contribution in [3.8, 4) is 0 Å². The molecule has 2 unspecified atom stereocenters. The Hall–Kier alpha value is -4.36. The summed E-state index contributed by atoms with van der Waals surface area (Å²) >= 11 is 5.96. The van der Waals surface area contributed by atoms with Gasteiger partial charge in [0.2, 0.25) is 5.91 Å². The summed E-state index contributed by atoms with van der Waals surface area (Å²) in [5, 5.41) is 22.0. The molecule has 8 nitrogen and oxygen atoms in total. The molecule has 0 bridgehead atoms. The first kappa shape index (κ1) is 37.9. The molecule has 2 saturated carbocycles. The molecule has 51 heavy (non-hydrogen) atoms. The fraction of sp³-hybridized carbons (Fsp3) is 0.405. The van der Waals surface area contributed by atoms with Crippen LogP contribution in [0.15, 0.2) is 84.5 Å². The number of halogens is 6. The number of nitrogens with one attached hydrogen (secondary N) is 1.